The molecule has 3 atom stereocenters. The molecule has 0 spiro atoms. The molecule has 1 heterocycles. The second-order valence-corrected chi connectivity index (χ2v) is 7.53. The molecule has 0 bridgehead atoms. The van der Waals surface area contributed by atoms with Crippen molar-refractivity contribution in [1.82, 2.24) is 0 Å². The van der Waals surface area contributed by atoms with Gasteiger partial charge in [0, 0.05) is 0 Å². The molecule has 4 nitrogen and oxygen atoms in total. The summed E-state index contributed by atoms with van der Waals surface area (Å²) in [6.07, 6.45) is 2.88. The van der Waals surface area contributed by atoms with E-state index in [0.29, 0.717) is 26.4 Å². The summed E-state index contributed by atoms with van der Waals surface area (Å²) in [5, 5.41) is 0. The highest BCUT2D eigenvalue weighted by molar-refractivity contribution is 5.15. The molecule has 0 N–H and O–H groups in total. The van der Waals surface area contributed by atoms with Crippen molar-refractivity contribution in [2.24, 2.45) is 0 Å². The molecule has 0 radical (unpaired) electrons. The van der Waals surface area contributed by atoms with Gasteiger partial charge >= 0.3 is 0 Å². The van der Waals surface area contributed by atoms with Crippen molar-refractivity contribution in [1.29, 1.82) is 0 Å². The molecule has 0 saturated heterocycles. The van der Waals surface area contributed by atoms with Crippen molar-refractivity contribution in [3.05, 3.63) is 120 Å². The van der Waals surface area contributed by atoms with Crippen molar-refractivity contribution in [3.63, 3.8) is 0 Å². The van der Waals surface area contributed by atoms with Crippen LogP contribution in [0.25, 0.3) is 0 Å². The molecule has 0 unspecified atom stereocenters. The van der Waals surface area contributed by atoms with Gasteiger partial charge in [-0.15, -0.1) is 0 Å². The third-order valence-corrected chi connectivity index (χ3v) is 5.18. The molecule has 4 rings (SSSR count). The predicted molar refractivity (Wildman–Crippen MR) is 120 cm³/mol. The fraction of sp³-hybridized carbons (Fsp3) is 0.259. The molecule has 3 aromatic carbocycles. The molecule has 0 aliphatic carbocycles. The Morgan fingerprint density at radius 2 is 1.13 bits per heavy atom. The fourth-order valence-corrected chi connectivity index (χ4v) is 3.51. The molecular formula is C27H28O4. The molecule has 1 aliphatic heterocycles. The Labute approximate surface area is 184 Å². The summed E-state index contributed by atoms with van der Waals surface area (Å²) in [4.78, 5) is 0. The summed E-state index contributed by atoms with van der Waals surface area (Å²) in [7, 11) is 0. The van der Waals surface area contributed by atoms with Gasteiger partial charge in [0.15, 0.2) is 0 Å². The number of rotatable bonds is 10. The Morgan fingerprint density at radius 1 is 0.613 bits per heavy atom. The van der Waals surface area contributed by atoms with E-state index in [9.17, 15) is 0 Å². The quantitative estimate of drug-likeness (QED) is 0.450. The summed E-state index contributed by atoms with van der Waals surface area (Å²) >= 11 is 0. The van der Waals surface area contributed by atoms with Crippen LogP contribution in [-0.4, -0.2) is 24.9 Å². The zero-order chi connectivity index (χ0) is 21.1. The predicted octanol–water partition coefficient (Wildman–Crippen LogP) is 5.29. The van der Waals surface area contributed by atoms with Gasteiger partial charge in [-0.3, -0.25) is 0 Å². The van der Waals surface area contributed by atoms with E-state index in [1.54, 1.807) is 6.26 Å². The first-order chi connectivity index (χ1) is 15.4. The van der Waals surface area contributed by atoms with Crippen LogP contribution in [0.15, 0.2) is 103 Å². The van der Waals surface area contributed by atoms with Crippen molar-refractivity contribution in [2.75, 3.05) is 6.61 Å². The number of hydrogen-bond acceptors (Lipinski definition) is 4. The van der Waals surface area contributed by atoms with Crippen LogP contribution in [0.2, 0.25) is 0 Å². The van der Waals surface area contributed by atoms with E-state index in [0.717, 1.165) is 16.7 Å². The first kappa shape index (κ1) is 21.3. The average Bonchev–Trinajstić information content (AvgIpc) is 2.84. The highest BCUT2D eigenvalue weighted by atomic mass is 16.6. The summed E-state index contributed by atoms with van der Waals surface area (Å²) in [6, 6.07) is 30.4. The minimum absolute atomic E-state index is 0.219. The van der Waals surface area contributed by atoms with Crippen LogP contribution in [0.3, 0.4) is 0 Å². The van der Waals surface area contributed by atoms with Crippen LogP contribution in [0, 0.1) is 0 Å². The second kappa shape index (κ2) is 11.5. The topological polar surface area (TPSA) is 36.9 Å². The highest BCUT2D eigenvalue weighted by Crippen LogP contribution is 2.22. The first-order valence-electron chi connectivity index (χ1n) is 10.6. The molecule has 0 saturated carbocycles. The maximum Gasteiger partial charge on any atom is 0.150 e. The minimum atomic E-state index is -0.273. The molecule has 0 fully saturated rings. The Kier molecular flexibility index (Phi) is 7.88. The lowest BCUT2D eigenvalue weighted by atomic mass is 10.1. The lowest BCUT2D eigenvalue weighted by Crippen LogP contribution is -2.45. The maximum atomic E-state index is 6.30. The third-order valence-electron chi connectivity index (χ3n) is 5.18. The third kappa shape index (κ3) is 6.53. The van der Waals surface area contributed by atoms with Gasteiger partial charge in [-0.2, -0.15) is 0 Å². The van der Waals surface area contributed by atoms with Gasteiger partial charge in [0.2, 0.25) is 0 Å². The molecule has 0 amide bonds. The lowest BCUT2D eigenvalue weighted by Gasteiger charge is -2.34. The van der Waals surface area contributed by atoms with E-state index in [2.05, 4.69) is 36.4 Å². The van der Waals surface area contributed by atoms with Crippen LogP contribution in [-0.2, 0) is 38.8 Å². The smallest absolute Gasteiger partial charge is 0.150 e. The standard InChI is InChI=1S/C27H28O4/c1-4-10-22(11-5-1)18-28-21-26-27(31-20-24-14-8-3-9-15-24)25(16-17-29-26)30-19-23-12-6-2-7-13-23/h1-17,25-27H,18-21H2/t25-,26-,27-/m1/s1. The van der Waals surface area contributed by atoms with Crippen LogP contribution in [0.1, 0.15) is 16.7 Å². The van der Waals surface area contributed by atoms with Crippen LogP contribution in [0.5, 0.6) is 0 Å². The van der Waals surface area contributed by atoms with Gasteiger partial charge in [-0.25, -0.2) is 0 Å². The van der Waals surface area contributed by atoms with Crippen molar-refractivity contribution in [2.45, 2.75) is 38.1 Å². The lowest BCUT2D eigenvalue weighted by molar-refractivity contribution is -0.147. The molecule has 1 aliphatic rings. The van der Waals surface area contributed by atoms with E-state index in [1.165, 1.54) is 0 Å². The van der Waals surface area contributed by atoms with Crippen LogP contribution >= 0.6 is 0 Å². The van der Waals surface area contributed by atoms with E-state index >= 15 is 0 Å². The Morgan fingerprint density at radius 3 is 1.71 bits per heavy atom. The van der Waals surface area contributed by atoms with Gasteiger partial charge < -0.3 is 18.9 Å². The largest absolute Gasteiger partial charge is 0.493 e. The van der Waals surface area contributed by atoms with Gasteiger partial charge in [-0.05, 0) is 22.8 Å². The Bertz CT molecular complexity index is 912. The van der Waals surface area contributed by atoms with Crippen molar-refractivity contribution < 1.29 is 18.9 Å². The van der Waals surface area contributed by atoms with Gasteiger partial charge in [-0.1, -0.05) is 91.0 Å². The van der Waals surface area contributed by atoms with E-state index < -0.39 is 0 Å². The van der Waals surface area contributed by atoms with E-state index in [4.69, 9.17) is 18.9 Å². The van der Waals surface area contributed by atoms with Crippen molar-refractivity contribution >= 4 is 0 Å². The van der Waals surface area contributed by atoms with Gasteiger partial charge in [0.05, 0.1) is 32.7 Å². The second-order valence-electron chi connectivity index (χ2n) is 7.53. The summed E-state index contributed by atoms with van der Waals surface area (Å²) < 4.78 is 24.4. The summed E-state index contributed by atoms with van der Waals surface area (Å²) in [5.74, 6) is 0. The number of ether oxygens (including phenoxy) is 4. The fourth-order valence-electron chi connectivity index (χ4n) is 3.51. The minimum Gasteiger partial charge on any atom is -0.493 e. The molecular weight excluding hydrogens is 388 g/mol. The number of benzene rings is 3. The first-order valence-corrected chi connectivity index (χ1v) is 10.6. The Hall–Kier alpha value is -2.92. The zero-order valence-electron chi connectivity index (χ0n) is 17.5. The molecule has 3 aromatic rings. The molecule has 0 aromatic heterocycles. The van der Waals surface area contributed by atoms with Gasteiger partial charge in [0.25, 0.3) is 0 Å². The van der Waals surface area contributed by atoms with E-state index in [1.807, 2.05) is 60.7 Å². The monoisotopic (exact) mass is 416 g/mol. The summed E-state index contributed by atoms with van der Waals surface area (Å²) in [5.41, 5.74) is 3.37. The number of hydrogen-bond donors (Lipinski definition) is 0. The normalized spacial score (nSPS) is 20.3. The van der Waals surface area contributed by atoms with E-state index in [-0.39, 0.29) is 18.3 Å². The van der Waals surface area contributed by atoms with Crippen LogP contribution < -0.4 is 0 Å². The molecule has 4 heteroatoms. The molecule has 160 valence electrons. The summed E-state index contributed by atoms with van der Waals surface area (Å²) in [6.45, 7) is 1.96. The van der Waals surface area contributed by atoms with Crippen molar-refractivity contribution in [3.8, 4) is 0 Å². The highest BCUT2D eigenvalue weighted by Gasteiger charge is 2.34. The van der Waals surface area contributed by atoms with Gasteiger partial charge in [0.1, 0.15) is 18.3 Å². The van der Waals surface area contributed by atoms with Crippen LogP contribution in [0.4, 0.5) is 0 Å². The SMILES string of the molecule is C1=C[C@@H](OCc2ccccc2)[C@@H](OCc2ccccc2)[C@@H](COCc2ccccc2)O1. The average molecular weight is 417 g/mol. The maximum absolute atomic E-state index is 6.30. The zero-order valence-corrected chi connectivity index (χ0v) is 17.5. The Balaban J connectivity index is 1.39. The molecule has 31 heavy (non-hydrogen) atoms.